The van der Waals surface area contributed by atoms with Crippen molar-refractivity contribution in [1.82, 2.24) is 5.32 Å². The predicted molar refractivity (Wildman–Crippen MR) is 95.9 cm³/mol. The van der Waals surface area contributed by atoms with Crippen LogP contribution in [0.1, 0.15) is 33.9 Å². The number of aryl methyl sites for hydroxylation is 3. The standard InChI is InChI=1S/C16H19Br2NS/c1-9-5-10(2)12(11(3)6-9)7-14(19-4)13-8-15(17)20-16(13)18/h5-6,8,14,19H,7H2,1-4H3. The van der Waals surface area contributed by atoms with Crippen LogP contribution >= 0.6 is 43.2 Å². The van der Waals surface area contributed by atoms with Crippen LogP contribution in [0.3, 0.4) is 0 Å². The van der Waals surface area contributed by atoms with Crippen molar-refractivity contribution in [3.63, 3.8) is 0 Å². The second-order valence-electron chi connectivity index (χ2n) is 5.20. The normalized spacial score (nSPS) is 12.7. The molecule has 4 heteroatoms. The fraction of sp³-hybridized carbons (Fsp3) is 0.375. The van der Waals surface area contributed by atoms with Gasteiger partial charge in [-0.1, -0.05) is 17.7 Å². The zero-order valence-corrected chi connectivity index (χ0v) is 16.2. The van der Waals surface area contributed by atoms with Gasteiger partial charge in [0.05, 0.1) is 7.57 Å². The summed E-state index contributed by atoms with van der Waals surface area (Å²) in [6.45, 7) is 6.58. The maximum absolute atomic E-state index is 3.67. The number of halogens is 2. The molecule has 0 bridgehead atoms. The van der Waals surface area contributed by atoms with Crippen molar-refractivity contribution >= 4 is 43.2 Å². The maximum Gasteiger partial charge on any atom is 0.0758 e. The second kappa shape index (κ2) is 6.73. The first-order chi connectivity index (χ1) is 9.42. The van der Waals surface area contributed by atoms with Crippen LogP contribution in [-0.4, -0.2) is 7.05 Å². The second-order valence-corrected chi connectivity index (χ2v) is 8.95. The first-order valence-corrected chi connectivity index (χ1v) is 9.01. The molecular weight excluding hydrogens is 398 g/mol. The van der Waals surface area contributed by atoms with Crippen LogP contribution in [0.25, 0.3) is 0 Å². The molecule has 1 aromatic carbocycles. The first kappa shape index (κ1) is 16.2. The van der Waals surface area contributed by atoms with Crippen molar-refractivity contribution in [2.45, 2.75) is 33.2 Å². The fourth-order valence-corrected chi connectivity index (χ4v) is 5.67. The SMILES string of the molecule is CNC(Cc1c(C)cc(C)cc1C)c1cc(Br)sc1Br. The van der Waals surface area contributed by atoms with Crippen LogP contribution in [0.2, 0.25) is 0 Å². The largest absolute Gasteiger partial charge is 0.313 e. The van der Waals surface area contributed by atoms with Crippen LogP contribution < -0.4 is 5.32 Å². The number of hydrogen-bond donors (Lipinski definition) is 1. The molecule has 0 aliphatic heterocycles. The Balaban J connectivity index is 2.34. The highest BCUT2D eigenvalue weighted by atomic mass is 79.9. The van der Waals surface area contributed by atoms with E-state index in [-0.39, 0.29) is 0 Å². The van der Waals surface area contributed by atoms with E-state index >= 15 is 0 Å². The molecule has 0 radical (unpaired) electrons. The topological polar surface area (TPSA) is 12.0 Å². The average Bonchev–Trinajstić information content (AvgIpc) is 2.67. The molecule has 0 saturated carbocycles. The van der Waals surface area contributed by atoms with Gasteiger partial charge in [-0.05, 0) is 94.4 Å². The van der Waals surface area contributed by atoms with Crippen LogP contribution in [-0.2, 0) is 6.42 Å². The van der Waals surface area contributed by atoms with E-state index in [1.807, 2.05) is 7.05 Å². The van der Waals surface area contributed by atoms with E-state index in [2.05, 4.69) is 76.1 Å². The van der Waals surface area contributed by atoms with Gasteiger partial charge in [0, 0.05) is 6.04 Å². The summed E-state index contributed by atoms with van der Waals surface area (Å²) in [5.41, 5.74) is 6.87. The molecule has 0 fully saturated rings. The lowest BCUT2D eigenvalue weighted by Crippen LogP contribution is -2.19. The summed E-state index contributed by atoms with van der Waals surface area (Å²) < 4.78 is 2.36. The minimum Gasteiger partial charge on any atom is -0.313 e. The van der Waals surface area contributed by atoms with Gasteiger partial charge in [-0.25, -0.2) is 0 Å². The molecule has 20 heavy (non-hydrogen) atoms. The van der Waals surface area contributed by atoms with Gasteiger partial charge in [-0.2, -0.15) is 0 Å². The van der Waals surface area contributed by atoms with E-state index in [1.54, 1.807) is 11.3 Å². The number of rotatable bonds is 4. The van der Waals surface area contributed by atoms with Crippen LogP contribution in [0, 0.1) is 20.8 Å². The minimum absolute atomic E-state index is 0.326. The quantitative estimate of drug-likeness (QED) is 0.673. The Morgan fingerprint density at radius 3 is 2.15 bits per heavy atom. The highest BCUT2D eigenvalue weighted by Gasteiger charge is 2.18. The Bertz CT molecular complexity index is 596. The van der Waals surface area contributed by atoms with E-state index in [0.29, 0.717) is 6.04 Å². The minimum atomic E-state index is 0.326. The fourth-order valence-electron chi connectivity index (χ4n) is 2.69. The number of likely N-dealkylation sites (N-methyl/N-ethyl adjacent to an activating group) is 1. The lowest BCUT2D eigenvalue weighted by molar-refractivity contribution is 0.589. The van der Waals surface area contributed by atoms with E-state index < -0.39 is 0 Å². The Morgan fingerprint density at radius 2 is 1.70 bits per heavy atom. The Labute approximate surface area is 142 Å². The molecule has 1 heterocycles. The third-order valence-corrected chi connectivity index (χ3v) is 6.04. The van der Waals surface area contributed by atoms with Gasteiger partial charge < -0.3 is 5.32 Å². The van der Waals surface area contributed by atoms with Gasteiger partial charge >= 0.3 is 0 Å². The predicted octanol–water partition coefficient (Wildman–Crippen LogP) is 5.70. The molecule has 0 spiro atoms. The number of nitrogens with one attached hydrogen (secondary N) is 1. The van der Waals surface area contributed by atoms with Crippen LogP contribution in [0.5, 0.6) is 0 Å². The molecule has 1 N–H and O–H groups in total. The van der Waals surface area contributed by atoms with E-state index in [4.69, 9.17) is 0 Å². The maximum atomic E-state index is 3.67. The molecule has 1 nitrogen and oxygen atoms in total. The zero-order chi connectivity index (χ0) is 14.9. The number of hydrogen-bond acceptors (Lipinski definition) is 2. The van der Waals surface area contributed by atoms with Gasteiger partial charge in [-0.3, -0.25) is 0 Å². The van der Waals surface area contributed by atoms with Crippen molar-refractivity contribution in [3.8, 4) is 0 Å². The molecule has 2 aromatic rings. The highest BCUT2D eigenvalue weighted by Crippen LogP contribution is 2.37. The summed E-state index contributed by atoms with van der Waals surface area (Å²) in [6, 6.07) is 7.07. The van der Waals surface area contributed by atoms with Crippen LogP contribution in [0.4, 0.5) is 0 Å². The van der Waals surface area contributed by atoms with Gasteiger partial charge in [-0.15, -0.1) is 11.3 Å². The lowest BCUT2D eigenvalue weighted by Gasteiger charge is -2.19. The molecule has 1 unspecified atom stereocenters. The number of thiophene rings is 1. The summed E-state index contributed by atoms with van der Waals surface area (Å²) in [7, 11) is 2.03. The Hall–Kier alpha value is -0.160. The van der Waals surface area contributed by atoms with Crippen molar-refractivity contribution < 1.29 is 0 Å². The zero-order valence-electron chi connectivity index (χ0n) is 12.2. The highest BCUT2D eigenvalue weighted by molar-refractivity contribution is 9.12. The molecule has 108 valence electrons. The summed E-state index contributed by atoms with van der Waals surface area (Å²) in [5.74, 6) is 0. The van der Waals surface area contributed by atoms with Gasteiger partial charge in [0.15, 0.2) is 0 Å². The summed E-state index contributed by atoms with van der Waals surface area (Å²) in [5, 5.41) is 3.45. The van der Waals surface area contributed by atoms with Crippen molar-refractivity contribution in [2.75, 3.05) is 7.05 Å². The molecule has 2 rings (SSSR count). The molecule has 1 atom stereocenters. The average molecular weight is 417 g/mol. The van der Waals surface area contributed by atoms with Crippen LogP contribution in [0.15, 0.2) is 25.8 Å². The first-order valence-electron chi connectivity index (χ1n) is 6.61. The van der Waals surface area contributed by atoms with E-state index in [1.165, 1.54) is 31.6 Å². The molecular formula is C16H19Br2NS. The van der Waals surface area contributed by atoms with E-state index in [0.717, 1.165) is 10.2 Å². The van der Waals surface area contributed by atoms with Gasteiger partial charge in [0.25, 0.3) is 0 Å². The molecule has 1 aromatic heterocycles. The van der Waals surface area contributed by atoms with Crippen molar-refractivity contribution in [2.24, 2.45) is 0 Å². The Morgan fingerprint density at radius 1 is 1.10 bits per heavy atom. The molecule has 0 saturated heterocycles. The lowest BCUT2D eigenvalue weighted by atomic mass is 9.92. The smallest absolute Gasteiger partial charge is 0.0758 e. The van der Waals surface area contributed by atoms with Gasteiger partial charge in [0.1, 0.15) is 0 Å². The van der Waals surface area contributed by atoms with Gasteiger partial charge in [0.2, 0.25) is 0 Å². The van der Waals surface area contributed by atoms with Crippen molar-refractivity contribution in [3.05, 3.63) is 53.6 Å². The summed E-state index contributed by atoms with van der Waals surface area (Å²) >= 11 is 8.96. The Kier molecular flexibility index (Phi) is 5.46. The summed E-state index contributed by atoms with van der Waals surface area (Å²) in [4.78, 5) is 0. The number of benzene rings is 1. The monoisotopic (exact) mass is 415 g/mol. The molecule has 0 aliphatic carbocycles. The molecule has 0 amide bonds. The molecule has 0 aliphatic rings. The van der Waals surface area contributed by atoms with E-state index in [9.17, 15) is 0 Å². The summed E-state index contributed by atoms with van der Waals surface area (Å²) in [6.07, 6.45) is 1.01. The third-order valence-electron chi connectivity index (χ3n) is 3.66. The van der Waals surface area contributed by atoms with Crippen molar-refractivity contribution in [1.29, 1.82) is 0 Å². The third kappa shape index (κ3) is 3.53.